The second-order valence-electron chi connectivity index (χ2n) is 6.10. The van der Waals surface area contributed by atoms with E-state index in [1.54, 1.807) is 0 Å². The van der Waals surface area contributed by atoms with Crippen molar-refractivity contribution in [1.82, 2.24) is 0 Å². The van der Waals surface area contributed by atoms with Gasteiger partial charge in [0, 0.05) is 44.2 Å². The maximum Gasteiger partial charge on any atom is 0.305 e. The Hall–Kier alpha value is -2.13. The molecule has 0 N–H and O–H groups in total. The predicted molar refractivity (Wildman–Crippen MR) is 99.7 cm³/mol. The van der Waals surface area contributed by atoms with Gasteiger partial charge in [-0.1, -0.05) is 23.5 Å². The van der Waals surface area contributed by atoms with Gasteiger partial charge in [-0.3, -0.25) is 10.1 Å². The summed E-state index contributed by atoms with van der Waals surface area (Å²) in [4.78, 5) is 14.9. The molecule has 9 heteroatoms. The lowest BCUT2D eigenvalue weighted by Gasteiger charge is -2.36. The van der Waals surface area contributed by atoms with Crippen LogP contribution in [0.2, 0.25) is 0 Å². The van der Waals surface area contributed by atoms with Crippen molar-refractivity contribution in [2.45, 2.75) is 11.1 Å². The number of hydrogen-bond donors (Lipinski definition) is 0. The zero-order valence-electron chi connectivity index (χ0n) is 14.0. The largest absolute Gasteiger partial charge is 0.368 e. The van der Waals surface area contributed by atoms with Crippen molar-refractivity contribution in [3.63, 3.8) is 0 Å². The van der Waals surface area contributed by atoms with Gasteiger partial charge in [0.2, 0.25) is 0 Å². The molecule has 1 aromatic heterocycles. The van der Waals surface area contributed by atoms with E-state index >= 15 is 0 Å². The fraction of sp³-hybridized carbons (Fsp3) is 0.375. The molecule has 0 aliphatic carbocycles. The Bertz CT molecular complexity index is 900. The molecule has 0 radical (unpaired) electrons. The minimum atomic E-state index is -3.46. The summed E-state index contributed by atoms with van der Waals surface area (Å²) in [6, 6.07) is 9.40. The molecule has 25 heavy (non-hydrogen) atoms. The highest BCUT2D eigenvalue weighted by molar-refractivity contribution is 7.92. The Labute approximate surface area is 150 Å². The fourth-order valence-electron chi connectivity index (χ4n) is 2.88. The van der Waals surface area contributed by atoms with E-state index in [1.807, 2.05) is 24.0 Å². The number of aryl methyl sites for hydroxylation is 1. The van der Waals surface area contributed by atoms with E-state index in [4.69, 9.17) is 0 Å². The minimum Gasteiger partial charge on any atom is -0.368 e. The number of nitro groups is 1. The summed E-state index contributed by atoms with van der Waals surface area (Å²) in [7, 11) is -3.46. The van der Waals surface area contributed by atoms with Gasteiger partial charge in [0.25, 0.3) is 0 Å². The number of thiophene rings is 1. The second-order valence-corrected chi connectivity index (χ2v) is 9.37. The summed E-state index contributed by atoms with van der Waals surface area (Å²) >= 11 is 0.979. The normalized spacial score (nSPS) is 15.4. The smallest absolute Gasteiger partial charge is 0.305 e. The van der Waals surface area contributed by atoms with Crippen molar-refractivity contribution in [2.75, 3.05) is 42.2 Å². The lowest BCUT2D eigenvalue weighted by atomic mass is 10.2. The number of rotatable bonds is 4. The molecule has 0 atom stereocenters. The molecule has 0 unspecified atom stereocenters. The van der Waals surface area contributed by atoms with Crippen LogP contribution >= 0.6 is 11.3 Å². The number of benzene rings is 1. The second kappa shape index (κ2) is 6.64. The van der Waals surface area contributed by atoms with Crippen molar-refractivity contribution in [1.29, 1.82) is 0 Å². The molecule has 1 aliphatic heterocycles. The first-order valence-electron chi connectivity index (χ1n) is 7.80. The quantitative estimate of drug-likeness (QED) is 0.598. The Morgan fingerprint density at radius 1 is 1.12 bits per heavy atom. The standard InChI is InChI=1S/C16H19N3O4S2/c1-12-4-3-5-13(10-12)17-6-8-18(9-7-17)16-14(19(20)21)11-15(24-16)25(2,22)23/h3-5,10-11H,6-9H2,1-2H3. The Balaban J connectivity index is 1.81. The third kappa shape index (κ3) is 3.77. The molecule has 1 fully saturated rings. The van der Waals surface area contributed by atoms with E-state index in [0.717, 1.165) is 36.4 Å². The first kappa shape index (κ1) is 17.7. The highest BCUT2D eigenvalue weighted by atomic mass is 32.2. The summed E-state index contributed by atoms with van der Waals surface area (Å²) in [5, 5.41) is 11.7. The monoisotopic (exact) mass is 381 g/mol. The number of hydrogen-bond acceptors (Lipinski definition) is 7. The van der Waals surface area contributed by atoms with Gasteiger partial charge in [0.15, 0.2) is 14.8 Å². The zero-order chi connectivity index (χ0) is 18.2. The molecule has 2 heterocycles. The van der Waals surface area contributed by atoms with Crippen molar-refractivity contribution < 1.29 is 13.3 Å². The SMILES string of the molecule is Cc1cccc(N2CCN(c3sc(S(C)(=O)=O)cc3[N+](=O)[O-])CC2)c1. The Morgan fingerprint density at radius 3 is 2.32 bits per heavy atom. The van der Waals surface area contributed by atoms with Gasteiger partial charge in [-0.15, -0.1) is 0 Å². The maximum absolute atomic E-state index is 11.7. The first-order valence-corrected chi connectivity index (χ1v) is 10.5. The van der Waals surface area contributed by atoms with Gasteiger partial charge in [0.1, 0.15) is 4.21 Å². The molecule has 1 aliphatic rings. The van der Waals surface area contributed by atoms with Crippen molar-refractivity contribution >= 4 is 37.5 Å². The molecule has 1 aromatic carbocycles. The van der Waals surface area contributed by atoms with Gasteiger partial charge >= 0.3 is 5.69 Å². The van der Waals surface area contributed by atoms with Crippen LogP contribution in [0.3, 0.4) is 0 Å². The molecule has 0 saturated carbocycles. The van der Waals surface area contributed by atoms with E-state index in [9.17, 15) is 18.5 Å². The van der Waals surface area contributed by atoms with Gasteiger partial charge in [-0.2, -0.15) is 0 Å². The van der Waals surface area contributed by atoms with Gasteiger partial charge in [0.05, 0.1) is 4.92 Å². The molecule has 0 bridgehead atoms. The molecular formula is C16H19N3O4S2. The van der Waals surface area contributed by atoms with E-state index in [-0.39, 0.29) is 9.90 Å². The molecule has 7 nitrogen and oxygen atoms in total. The van der Waals surface area contributed by atoms with Crippen LogP contribution in [-0.4, -0.2) is 45.8 Å². The fourth-order valence-corrected chi connectivity index (χ4v) is 4.96. The first-order chi connectivity index (χ1) is 11.8. The van der Waals surface area contributed by atoms with Crippen LogP contribution in [-0.2, 0) is 9.84 Å². The third-order valence-electron chi connectivity index (χ3n) is 4.17. The molecule has 3 rings (SSSR count). The summed E-state index contributed by atoms with van der Waals surface area (Å²) < 4.78 is 23.5. The summed E-state index contributed by atoms with van der Waals surface area (Å²) in [5.41, 5.74) is 2.19. The van der Waals surface area contributed by atoms with E-state index < -0.39 is 14.8 Å². The highest BCUT2D eigenvalue weighted by Crippen LogP contribution is 2.40. The molecule has 0 spiro atoms. The summed E-state index contributed by atoms with van der Waals surface area (Å²) in [5.74, 6) is 0. The van der Waals surface area contributed by atoms with Crippen molar-refractivity contribution in [3.8, 4) is 0 Å². The van der Waals surface area contributed by atoms with Crippen LogP contribution in [0, 0.1) is 17.0 Å². The summed E-state index contributed by atoms with van der Waals surface area (Å²) in [6.45, 7) is 4.72. The maximum atomic E-state index is 11.7. The van der Waals surface area contributed by atoms with Crippen LogP contribution < -0.4 is 9.80 Å². The zero-order valence-corrected chi connectivity index (χ0v) is 15.6. The number of nitrogens with zero attached hydrogens (tertiary/aromatic N) is 3. The third-order valence-corrected chi connectivity index (χ3v) is 7.15. The van der Waals surface area contributed by atoms with Crippen LogP contribution in [0.1, 0.15) is 5.56 Å². The average Bonchev–Trinajstić information content (AvgIpc) is 3.01. The molecule has 1 saturated heterocycles. The Kier molecular flexibility index (Phi) is 4.70. The molecule has 134 valence electrons. The minimum absolute atomic E-state index is 0.0373. The lowest BCUT2D eigenvalue weighted by molar-refractivity contribution is -0.383. The topological polar surface area (TPSA) is 83.8 Å². The van der Waals surface area contributed by atoms with Crippen molar-refractivity contribution in [2.24, 2.45) is 0 Å². The van der Waals surface area contributed by atoms with Gasteiger partial charge in [-0.25, -0.2) is 8.42 Å². The van der Waals surface area contributed by atoms with Crippen LogP contribution in [0.5, 0.6) is 0 Å². The van der Waals surface area contributed by atoms with E-state index in [2.05, 4.69) is 17.0 Å². The molecule has 2 aromatic rings. The number of sulfone groups is 1. The predicted octanol–water partition coefficient (Wildman–Crippen LogP) is 2.69. The molecule has 0 amide bonds. The number of anilines is 2. The van der Waals surface area contributed by atoms with E-state index in [1.165, 1.54) is 11.6 Å². The van der Waals surface area contributed by atoms with Crippen LogP contribution in [0.4, 0.5) is 16.4 Å². The lowest BCUT2D eigenvalue weighted by Crippen LogP contribution is -2.46. The van der Waals surface area contributed by atoms with Crippen LogP contribution in [0.25, 0.3) is 0 Å². The van der Waals surface area contributed by atoms with E-state index in [0.29, 0.717) is 18.1 Å². The van der Waals surface area contributed by atoms with Gasteiger partial charge < -0.3 is 9.80 Å². The Morgan fingerprint density at radius 2 is 1.76 bits per heavy atom. The van der Waals surface area contributed by atoms with Crippen LogP contribution in [0.15, 0.2) is 34.5 Å². The summed E-state index contributed by atoms with van der Waals surface area (Å²) in [6.07, 6.45) is 1.07. The average molecular weight is 381 g/mol. The molecular weight excluding hydrogens is 362 g/mol. The van der Waals surface area contributed by atoms with Gasteiger partial charge in [-0.05, 0) is 24.6 Å². The highest BCUT2D eigenvalue weighted by Gasteiger charge is 2.29. The van der Waals surface area contributed by atoms with Crippen molar-refractivity contribution in [3.05, 3.63) is 46.0 Å². The number of piperazine rings is 1.